The number of carbonyl (C=O) groups is 1. The molecule has 0 unspecified atom stereocenters. The first-order valence-electron chi connectivity index (χ1n) is 11.1. The second-order valence-electron chi connectivity index (χ2n) is 10.2. The fourth-order valence-corrected chi connectivity index (χ4v) is 3.93. The molecule has 0 bridgehead atoms. The van der Waals surface area contributed by atoms with Crippen molar-refractivity contribution in [2.24, 2.45) is 5.92 Å². The van der Waals surface area contributed by atoms with Crippen molar-refractivity contribution in [3.63, 3.8) is 0 Å². The molecular weight excluding hydrogens is 383 g/mol. The van der Waals surface area contributed by atoms with Crippen LogP contribution in [0.15, 0.2) is 24.3 Å². The average Bonchev–Trinajstić information content (AvgIpc) is 2.64. The smallest absolute Gasteiger partial charge is 0.407 e. The molecule has 3 N–H and O–H groups in total. The minimum atomic E-state index is -0.727. The van der Waals surface area contributed by atoms with Crippen molar-refractivity contribution in [2.45, 2.75) is 96.4 Å². The fraction of sp³-hybridized carbons (Fsp3) is 0.708. The maximum atomic E-state index is 13.3. The molecule has 6 heteroatoms. The van der Waals surface area contributed by atoms with Crippen molar-refractivity contribution < 1.29 is 19.0 Å². The molecular formula is C24H39FN2O3. The van der Waals surface area contributed by atoms with Crippen molar-refractivity contribution in [3.8, 4) is 0 Å². The maximum Gasteiger partial charge on any atom is 0.407 e. The van der Waals surface area contributed by atoms with Gasteiger partial charge in [-0.15, -0.1) is 0 Å². The first-order valence-corrected chi connectivity index (χ1v) is 11.1. The number of hydrogen-bond acceptors (Lipinski definition) is 4. The van der Waals surface area contributed by atoms with Gasteiger partial charge < -0.3 is 20.5 Å². The van der Waals surface area contributed by atoms with Crippen LogP contribution < -0.4 is 10.6 Å². The Kier molecular flexibility index (Phi) is 8.68. The number of amides is 1. The molecule has 2 rings (SSSR count). The molecule has 1 aromatic rings. The molecule has 1 aliphatic carbocycles. The quantitative estimate of drug-likeness (QED) is 0.546. The third-order valence-corrected chi connectivity index (χ3v) is 5.75. The number of benzene rings is 1. The van der Waals surface area contributed by atoms with Crippen LogP contribution in [0, 0.1) is 11.7 Å². The van der Waals surface area contributed by atoms with Gasteiger partial charge in [0.1, 0.15) is 11.4 Å². The minimum absolute atomic E-state index is 0.111. The van der Waals surface area contributed by atoms with E-state index in [1.54, 1.807) is 12.1 Å². The maximum absolute atomic E-state index is 13.3. The standard InChI is InChI=1S/C24H39FN2O3/c1-23(2,3)30-22(29)27-20-11-9-17(10-12-20)13-14-24(4,5)26-16-21(28)18-7-6-8-19(25)15-18/h6-8,15,17,20-21,26,28H,9-14,16H2,1-5H3,(H,27,29)/t17?,20?,21-/m0/s1. The van der Waals surface area contributed by atoms with E-state index >= 15 is 0 Å². The van der Waals surface area contributed by atoms with E-state index in [0.717, 1.165) is 38.5 Å². The third kappa shape index (κ3) is 9.00. The Hall–Kier alpha value is -1.66. The van der Waals surface area contributed by atoms with Crippen LogP contribution in [0.3, 0.4) is 0 Å². The van der Waals surface area contributed by atoms with Crippen LogP contribution in [-0.2, 0) is 4.74 Å². The van der Waals surface area contributed by atoms with Crippen molar-refractivity contribution in [1.29, 1.82) is 0 Å². The fourth-order valence-electron chi connectivity index (χ4n) is 3.93. The first-order chi connectivity index (χ1) is 13.9. The molecule has 5 nitrogen and oxygen atoms in total. The Morgan fingerprint density at radius 1 is 1.20 bits per heavy atom. The number of nitrogens with one attached hydrogen (secondary N) is 2. The third-order valence-electron chi connectivity index (χ3n) is 5.75. The lowest BCUT2D eigenvalue weighted by Gasteiger charge is -2.33. The van der Waals surface area contributed by atoms with E-state index in [2.05, 4.69) is 24.5 Å². The number of alkyl carbamates (subject to hydrolysis) is 1. The summed E-state index contributed by atoms with van der Waals surface area (Å²) in [7, 11) is 0. The van der Waals surface area contributed by atoms with E-state index in [1.807, 2.05) is 20.8 Å². The van der Waals surface area contributed by atoms with Crippen LogP contribution >= 0.6 is 0 Å². The summed E-state index contributed by atoms with van der Waals surface area (Å²) in [5.41, 5.74) is 0.0105. The molecule has 1 aromatic carbocycles. The summed E-state index contributed by atoms with van der Waals surface area (Å²) in [5.74, 6) is 0.318. The van der Waals surface area contributed by atoms with Crippen LogP contribution in [0.25, 0.3) is 0 Å². The van der Waals surface area contributed by atoms with Crippen molar-refractivity contribution >= 4 is 6.09 Å². The Bertz CT molecular complexity index is 679. The van der Waals surface area contributed by atoms with Crippen molar-refractivity contribution in [2.75, 3.05) is 6.54 Å². The van der Waals surface area contributed by atoms with E-state index in [1.165, 1.54) is 12.1 Å². The van der Waals surface area contributed by atoms with Crippen LogP contribution in [0.4, 0.5) is 9.18 Å². The highest BCUT2D eigenvalue weighted by Crippen LogP contribution is 2.30. The average molecular weight is 423 g/mol. The zero-order valence-electron chi connectivity index (χ0n) is 19.1. The molecule has 170 valence electrons. The second-order valence-corrected chi connectivity index (χ2v) is 10.2. The lowest BCUT2D eigenvalue weighted by atomic mass is 9.81. The molecule has 30 heavy (non-hydrogen) atoms. The largest absolute Gasteiger partial charge is 0.444 e. The number of β-amino-alcohol motifs (C(OH)–C–C–N with tert-alkyl or cyclic N) is 1. The van der Waals surface area contributed by atoms with E-state index in [0.29, 0.717) is 18.0 Å². The summed E-state index contributed by atoms with van der Waals surface area (Å²) >= 11 is 0. The van der Waals surface area contributed by atoms with E-state index in [4.69, 9.17) is 4.74 Å². The van der Waals surface area contributed by atoms with Crippen LogP contribution in [0.1, 0.15) is 84.8 Å². The molecule has 0 spiro atoms. The molecule has 1 saturated carbocycles. The Labute approximate surface area is 180 Å². The number of carbonyl (C=O) groups excluding carboxylic acids is 1. The summed E-state index contributed by atoms with van der Waals surface area (Å²) in [5, 5.41) is 16.7. The summed E-state index contributed by atoms with van der Waals surface area (Å²) < 4.78 is 18.7. The Morgan fingerprint density at radius 2 is 1.87 bits per heavy atom. The van der Waals surface area contributed by atoms with Gasteiger partial charge in [-0.3, -0.25) is 0 Å². The van der Waals surface area contributed by atoms with Gasteiger partial charge in [-0.1, -0.05) is 12.1 Å². The molecule has 1 atom stereocenters. The van der Waals surface area contributed by atoms with Crippen LogP contribution in [-0.4, -0.2) is 34.9 Å². The highest BCUT2D eigenvalue weighted by molar-refractivity contribution is 5.68. The van der Waals surface area contributed by atoms with Gasteiger partial charge in [0.05, 0.1) is 6.10 Å². The molecule has 1 fully saturated rings. The molecule has 1 aliphatic rings. The van der Waals surface area contributed by atoms with Gasteiger partial charge in [-0.25, -0.2) is 9.18 Å². The van der Waals surface area contributed by atoms with Crippen molar-refractivity contribution in [1.82, 2.24) is 10.6 Å². The minimum Gasteiger partial charge on any atom is -0.444 e. The predicted molar refractivity (Wildman–Crippen MR) is 118 cm³/mol. The topological polar surface area (TPSA) is 70.6 Å². The SMILES string of the molecule is CC(C)(CCC1CCC(NC(=O)OC(C)(C)C)CC1)NC[C@H](O)c1cccc(F)c1. The first kappa shape index (κ1) is 24.6. The van der Waals surface area contributed by atoms with Crippen molar-refractivity contribution in [3.05, 3.63) is 35.6 Å². The van der Waals surface area contributed by atoms with Gasteiger partial charge in [0, 0.05) is 18.1 Å². The molecule has 1 amide bonds. The van der Waals surface area contributed by atoms with E-state index in [9.17, 15) is 14.3 Å². The van der Waals surface area contributed by atoms with Gasteiger partial charge in [-0.2, -0.15) is 0 Å². The van der Waals surface area contributed by atoms with Gasteiger partial charge >= 0.3 is 6.09 Å². The highest BCUT2D eigenvalue weighted by Gasteiger charge is 2.27. The summed E-state index contributed by atoms with van der Waals surface area (Å²) in [6.45, 7) is 10.3. The van der Waals surface area contributed by atoms with Gasteiger partial charge in [0.2, 0.25) is 0 Å². The number of ether oxygens (including phenoxy) is 1. The normalized spacial score (nSPS) is 21.2. The molecule has 0 aromatic heterocycles. The Balaban J connectivity index is 1.68. The number of aliphatic hydroxyl groups excluding tert-OH is 1. The number of rotatable bonds is 8. The van der Waals surface area contributed by atoms with Gasteiger partial charge in [0.25, 0.3) is 0 Å². The predicted octanol–water partition coefficient (Wildman–Crippen LogP) is 5.09. The van der Waals surface area contributed by atoms with Gasteiger partial charge in [0.15, 0.2) is 0 Å². The van der Waals surface area contributed by atoms with Gasteiger partial charge in [-0.05, 0) is 96.8 Å². The molecule has 0 radical (unpaired) electrons. The molecule has 0 aliphatic heterocycles. The summed E-state index contributed by atoms with van der Waals surface area (Å²) in [4.78, 5) is 11.9. The lowest BCUT2D eigenvalue weighted by molar-refractivity contribution is 0.0486. The highest BCUT2D eigenvalue weighted by atomic mass is 19.1. The Morgan fingerprint density at radius 3 is 2.47 bits per heavy atom. The zero-order chi connectivity index (χ0) is 22.4. The summed E-state index contributed by atoms with van der Waals surface area (Å²) in [6.07, 6.45) is 5.21. The van der Waals surface area contributed by atoms with E-state index < -0.39 is 11.7 Å². The number of hydrogen-bond donors (Lipinski definition) is 3. The molecule has 0 heterocycles. The number of halogens is 1. The zero-order valence-corrected chi connectivity index (χ0v) is 19.1. The van der Waals surface area contributed by atoms with E-state index in [-0.39, 0.29) is 23.5 Å². The number of aliphatic hydroxyl groups is 1. The lowest BCUT2D eigenvalue weighted by Crippen LogP contribution is -2.43. The summed E-state index contributed by atoms with van der Waals surface area (Å²) in [6, 6.07) is 6.32. The molecule has 0 saturated heterocycles. The monoisotopic (exact) mass is 422 g/mol. The second kappa shape index (κ2) is 10.6. The van der Waals surface area contributed by atoms with Crippen LogP contribution in [0.2, 0.25) is 0 Å². The van der Waals surface area contributed by atoms with Crippen LogP contribution in [0.5, 0.6) is 0 Å².